The van der Waals surface area contributed by atoms with Crippen LogP contribution in [0.2, 0.25) is 0 Å². The number of hydrogen-bond acceptors (Lipinski definition) is 2. The molecular formula is C10H13NOS2. The molecule has 2 nitrogen and oxygen atoms in total. The zero-order valence-electron chi connectivity index (χ0n) is 7.99. The van der Waals surface area contributed by atoms with Gasteiger partial charge in [0.25, 0.3) is 5.24 Å². The van der Waals surface area contributed by atoms with Crippen molar-refractivity contribution in [2.75, 3.05) is 5.75 Å². The summed E-state index contributed by atoms with van der Waals surface area (Å²) in [4.78, 5) is 11.8. The average molecular weight is 227 g/mol. The van der Waals surface area contributed by atoms with Gasteiger partial charge < -0.3 is 5.32 Å². The Kier molecular flexibility index (Phi) is 4.90. The molecule has 1 rings (SSSR count). The first-order valence-corrected chi connectivity index (χ1v) is 5.84. The number of amides is 1. The number of rotatable bonds is 4. The van der Waals surface area contributed by atoms with E-state index in [1.807, 2.05) is 12.1 Å². The van der Waals surface area contributed by atoms with E-state index in [4.69, 9.17) is 0 Å². The van der Waals surface area contributed by atoms with E-state index in [1.165, 1.54) is 4.90 Å². The molecule has 0 heterocycles. The highest BCUT2D eigenvalue weighted by atomic mass is 32.2. The Morgan fingerprint density at radius 3 is 2.57 bits per heavy atom. The van der Waals surface area contributed by atoms with Crippen molar-refractivity contribution >= 4 is 29.6 Å². The quantitative estimate of drug-likeness (QED) is 0.611. The van der Waals surface area contributed by atoms with Crippen molar-refractivity contribution in [2.24, 2.45) is 0 Å². The molecule has 1 aromatic rings. The monoisotopic (exact) mass is 227 g/mol. The molecule has 0 saturated heterocycles. The SMILES string of the molecule is CCSc1ccc(CNC(=O)S)cc1. The van der Waals surface area contributed by atoms with Crippen LogP contribution in [0.4, 0.5) is 4.79 Å². The van der Waals surface area contributed by atoms with E-state index < -0.39 is 0 Å². The van der Waals surface area contributed by atoms with Crippen molar-refractivity contribution in [1.82, 2.24) is 5.32 Å². The Bertz CT molecular complexity index is 297. The molecule has 1 N–H and O–H groups in total. The van der Waals surface area contributed by atoms with Crippen LogP contribution in [0.3, 0.4) is 0 Å². The van der Waals surface area contributed by atoms with Crippen LogP contribution in [0.1, 0.15) is 12.5 Å². The Balaban J connectivity index is 2.50. The van der Waals surface area contributed by atoms with E-state index in [-0.39, 0.29) is 5.24 Å². The van der Waals surface area contributed by atoms with Gasteiger partial charge >= 0.3 is 0 Å². The molecule has 0 spiro atoms. The minimum Gasteiger partial charge on any atom is -0.343 e. The summed E-state index contributed by atoms with van der Waals surface area (Å²) in [7, 11) is 0. The third kappa shape index (κ3) is 4.07. The maximum Gasteiger partial charge on any atom is 0.276 e. The van der Waals surface area contributed by atoms with Crippen LogP contribution < -0.4 is 5.32 Å². The molecule has 1 aromatic carbocycles. The fourth-order valence-corrected chi connectivity index (χ4v) is 1.79. The molecule has 0 atom stereocenters. The third-order valence-electron chi connectivity index (χ3n) is 1.68. The Morgan fingerprint density at radius 1 is 1.43 bits per heavy atom. The van der Waals surface area contributed by atoms with Gasteiger partial charge in [0.05, 0.1) is 0 Å². The molecule has 0 fully saturated rings. The summed E-state index contributed by atoms with van der Waals surface area (Å²) in [5.74, 6) is 1.08. The number of thiol groups is 1. The molecule has 0 aliphatic carbocycles. The average Bonchev–Trinajstić information content (AvgIpc) is 2.17. The molecule has 0 bridgehead atoms. The number of carbonyl (C=O) groups is 1. The molecule has 0 aromatic heterocycles. The fourth-order valence-electron chi connectivity index (χ4n) is 1.05. The maximum absolute atomic E-state index is 10.5. The lowest BCUT2D eigenvalue weighted by atomic mass is 10.2. The van der Waals surface area contributed by atoms with Crippen LogP contribution in [0.25, 0.3) is 0 Å². The summed E-state index contributed by atoms with van der Waals surface area (Å²) < 4.78 is 0. The van der Waals surface area contributed by atoms with Gasteiger partial charge in [-0.2, -0.15) is 0 Å². The van der Waals surface area contributed by atoms with E-state index in [0.717, 1.165) is 11.3 Å². The predicted molar refractivity (Wildman–Crippen MR) is 64.1 cm³/mol. The van der Waals surface area contributed by atoms with E-state index in [9.17, 15) is 4.79 Å². The third-order valence-corrected chi connectivity index (χ3v) is 2.73. The highest BCUT2D eigenvalue weighted by Crippen LogP contribution is 2.17. The lowest BCUT2D eigenvalue weighted by molar-refractivity contribution is 0.260. The number of nitrogens with one attached hydrogen (secondary N) is 1. The van der Waals surface area contributed by atoms with Crippen molar-refractivity contribution < 1.29 is 4.79 Å². The molecular weight excluding hydrogens is 214 g/mol. The van der Waals surface area contributed by atoms with Crippen molar-refractivity contribution in [1.29, 1.82) is 0 Å². The van der Waals surface area contributed by atoms with Crippen LogP contribution in [-0.2, 0) is 6.54 Å². The van der Waals surface area contributed by atoms with Crippen molar-refractivity contribution in [3.05, 3.63) is 29.8 Å². The normalized spacial score (nSPS) is 9.86. The first kappa shape index (κ1) is 11.5. The van der Waals surface area contributed by atoms with Gasteiger partial charge in [0, 0.05) is 11.4 Å². The molecule has 0 radical (unpaired) electrons. The van der Waals surface area contributed by atoms with Crippen LogP contribution >= 0.6 is 24.4 Å². The second kappa shape index (κ2) is 5.98. The van der Waals surface area contributed by atoms with E-state index in [0.29, 0.717) is 6.54 Å². The number of thioether (sulfide) groups is 1. The van der Waals surface area contributed by atoms with Gasteiger partial charge in [0.1, 0.15) is 0 Å². The van der Waals surface area contributed by atoms with E-state index >= 15 is 0 Å². The molecule has 4 heteroatoms. The highest BCUT2D eigenvalue weighted by Gasteiger charge is 1.95. The zero-order valence-corrected chi connectivity index (χ0v) is 9.70. The number of hydrogen-bond donors (Lipinski definition) is 2. The summed E-state index contributed by atoms with van der Waals surface area (Å²) >= 11 is 5.43. The zero-order chi connectivity index (χ0) is 10.4. The van der Waals surface area contributed by atoms with Crippen molar-refractivity contribution in [2.45, 2.75) is 18.4 Å². The van der Waals surface area contributed by atoms with E-state index in [1.54, 1.807) is 11.8 Å². The topological polar surface area (TPSA) is 29.1 Å². The summed E-state index contributed by atoms with van der Waals surface area (Å²) in [5.41, 5.74) is 1.09. The first-order valence-electron chi connectivity index (χ1n) is 4.41. The van der Waals surface area contributed by atoms with Crippen molar-refractivity contribution in [3.8, 4) is 0 Å². The Morgan fingerprint density at radius 2 is 2.07 bits per heavy atom. The van der Waals surface area contributed by atoms with Crippen LogP contribution in [-0.4, -0.2) is 11.0 Å². The smallest absolute Gasteiger partial charge is 0.276 e. The van der Waals surface area contributed by atoms with Gasteiger partial charge in [-0.05, 0) is 23.4 Å². The van der Waals surface area contributed by atoms with Crippen LogP contribution in [0.5, 0.6) is 0 Å². The van der Waals surface area contributed by atoms with Gasteiger partial charge in [0.2, 0.25) is 0 Å². The molecule has 0 aliphatic rings. The Hall–Kier alpha value is -0.610. The lowest BCUT2D eigenvalue weighted by Gasteiger charge is -2.03. The second-order valence-corrected chi connectivity index (χ2v) is 4.48. The molecule has 0 saturated carbocycles. The summed E-state index contributed by atoms with van der Waals surface area (Å²) in [5, 5.41) is 2.34. The van der Waals surface area contributed by atoms with Gasteiger partial charge in [-0.3, -0.25) is 4.79 Å². The molecule has 0 unspecified atom stereocenters. The lowest BCUT2D eigenvalue weighted by Crippen LogP contribution is -2.15. The Labute approximate surface area is 93.9 Å². The fraction of sp³-hybridized carbons (Fsp3) is 0.300. The van der Waals surface area contributed by atoms with Crippen LogP contribution in [0.15, 0.2) is 29.2 Å². The predicted octanol–water partition coefficient (Wildman–Crippen LogP) is 2.94. The van der Waals surface area contributed by atoms with Crippen molar-refractivity contribution in [3.63, 3.8) is 0 Å². The van der Waals surface area contributed by atoms with Gasteiger partial charge in [0.15, 0.2) is 0 Å². The second-order valence-electron chi connectivity index (χ2n) is 2.74. The van der Waals surface area contributed by atoms with Gasteiger partial charge in [-0.15, -0.1) is 11.8 Å². The number of carbonyl (C=O) groups excluding carboxylic acids is 1. The maximum atomic E-state index is 10.5. The first-order chi connectivity index (χ1) is 6.72. The summed E-state index contributed by atoms with van der Waals surface area (Å²) in [6, 6.07) is 8.16. The molecule has 1 amide bonds. The standard InChI is InChI=1S/C10H13NOS2/c1-2-14-9-5-3-8(4-6-9)7-11-10(12)13/h3-6H,2,7H2,1H3,(H2,11,12,13). The molecule has 0 aliphatic heterocycles. The highest BCUT2D eigenvalue weighted by molar-refractivity contribution is 7.99. The number of benzene rings is 1. The van der Waals surface area contributed by atoms with E-state index in [2.05, 4.69) is 37.0 Å². The van der Waals surface area contributed by atoms with Gasteiger partial charge in [-0.1, -0.05) is 31.7 Å². The summed E-state index contributed by atoms with van der Waals surface area (Å²) in [6.07, 6.45) is 0. The minimum absolute atomic E-state index is 0.294. The largest absolute Gasteiger partial charge is 0.343 e. The molecule has 76 valence electrons. The van der Waals surface area contributed by atoms with Crippen LogP contribution in [0, 0.1) is 0 Å². The minimum atomic E-state index is -0.294. The molecule has 14 heavy (non-hydrogen) atoms. The summed E-state index contributed by atoms with van der Waals surface area (Å²) in [6.45, 7) is 2.67. The van der Waals surface area contributed by atoms with Gasteiger partial charge in [-0.25, -0.2) is 0 Å².